The maximum atomic E-state index is 5.73. The minimum absolute atomic E-state index is 0.0880. The molecule has 1 fully saturated rings. The maximum Gasteiger partial charge on any atom is 0.282 e. The summed E-state index contributed by atoms with van der Waals surface area (Å²) >= 11 is 0. The molecule has 74 valence electrons. The highest BCUT2D eigenvalue weighted by atomic mass is 16.5. The van der Waals surface area contributed by atoms with Crippen molar-refractivity contribution in [2.45, 2.75) is 45.1 Å². The lowest BCUT2D eigenvalue weighted by atomic mass is 9.65. The molecule has 1 unspecified atom stereocenters. The van der Waals surface area contributed by atoms with Gasteiger partial charge in [-0.15, -0.1) is 0 Å². The van der Waals surface area contributed by atoms with Crippen LogP contribution in [0.4, 0.5) is 0 Å². The van der Waals surface area contributed by atoms with Gasteiger partial charge < -0.3 is 10.5 Å². The van der Waals surface area contributed by atoms with Crippen LogP contribution in [0.3, 0.4) is 0 Å². The Balaban J connectivity index is 2.21. The van der Waals surface area contributed by atoms with E-state index < -0.39 is 0 Å². The molecule has 0 bridgehead atoms. The van der Waals surface area contributed by atoms with Crippen LogP contribution >= 0.6 is 0 Å². The summed E-state index contributed by atoms with van der Waals surface area (Å²) in [6, 6.07) is 0.384. The number of amidine groups is 1. The van der Waals surface area contributed by atoms with Gasteiger partial charge in [0.2, 0.25) is 0 Å². The van der Waals surface area contributed by atoms with Crippen LogP contribution in [-0.4, -0.2) is 18.2 Å². The van der Waals surface area contributed by atoms with Crippen molar-refractivity contribution in [1.29, 1.82) is 0 Å². The normalized spacial score (nSPS) is 37.2. The maximum absolute atomic E-state index is 5.73. The van der Waals surface area contributed by atoms with Gasteiger partial charge in [0.15, 0.2) is 0 Å². The first-order valence-electron chi connectivity index (χ1n) is 5.05. The number of nitrogens with two attached hydrogens (primary N) is 1. The smallest absolute Gasteiger partial charge is 0.282 e. The molecule has 1 saturated carbocycles. The van der Waals surface area contributed by atoms with Gasteiger partial charge in [0.05, 0.1) is 6.54 Å². The monoisotopic (exact) mass is 182 g/mol. The van der Waals surface area contributed by atoms with Gasteiger partial charge in [-0.05, 0) is 19.3 Å². The van der Waals surface area contributed by atoms with Gasteiger partial charge in [0.1, 0.15) is 5.60 Å². The SMILES string of the molecule is CC1(C)CCCCC12CN=C(N)O2. The Bertz CT molecular complexity index is 247. The van der Waals surface area contributed by atoms with Gasteiger partial charge in [-0.25, -0.2) is 4.99 Å². The van der Waals surface area contributed by atoms with E-state index in [4.69, 9.17) is 10.5 Å². The van der Waals surface area contributed by atoms with E-state index in [1.165, 1.54) is 19.3 Å². The zero-order valence-corrected chi connectivity index (χ0v) is 8.47. The van der Waals surface area contributed by atoms with E-state index >= 15 is 0 Å². The fraction of sp³-hybridized carbons (Fsp3) is 0.900. The zero-order chi connectivity index (χ0) is 9.53. The van der Waals surface area contributed by atoms with Gasteiger partial charge in [-0.1, -0.05) is 20.3 Å². The van der Waals surface area contributed by atoms with E-state index in [9.17, 15) is 0 Å². The number of nitrogens with zero attached hydrogens (tertiary/aromatic N) is 1. The van der Waals surface area contributed by atoms with Crippen molar-refractivity contribution in [3.05, 3.63) is 0 Å². The molecule has 3 heteroatoms. The molecular formula is C10H18N2O. The Kier molecular flexibility index (Phi) is 1.79. The highest BCUT2D eigenvalue weighted by Gasteiger charge is 2.51. The van der Waals surface area contributed by atoms with Crippen LogP contribution in [0.1, 0.15) is 39.5 Å². The molecule has 1 heterocycles. The first-order chi connectivity index (χ1) is 6.06. The highest BCUT2D eigenvalue weighted by molar-refractivity contribution is 5.73. The van der Waals surface area contributed by atoms with Gasteiger partial charge in [-0.2, -0.15) is 0 Å². The van der Waals surface area contributed by atoms with Crippen molar-refractivity contribution in [3.63, 3.8) is 0 Å². The summed E-state index contributed by atoms with van der Waals surface area (Å²) in [7, 11) is 0. The quantitative estimate of drug-likeness (QED) is 0.619. The number of rotatable bonds is 0. The summed E-state index contributed by atoms with van der Waals surface area (Å²) in [5.74, 6) is 0. The first-order valence-corrected chi connectivity index (χ1v) is 5.05. The van der Waals surface area contributed by atoms with Crippen LogP contribution in [-0.2, 0) is 4.74 Å². The molecule has 0 aromatic heterocycles. The Hall–Kier alpha value is -0.730. The van der Waals surface area contributed by atoms with Crippen LogP contribution in [0.5, 0.6) is 0 Å². The molecule has 2 N–H and O–H groups in total. The number of hydrogen-bond donors (Lipinski definition) is 1. The highest BCUT2D eigenvalue weighted by Crippen LogP contribution is 2.47. The second-order valence-corrected chi connectivity index (χ2v) is 4.84. The molecular weight excluding hydrogens is 164 g/mol. The second kappa shape index (κ2) is 2.63. The number of hydrogen-bond acceptors (Lipinski definition) is 3. The average molecular weight is 182 g/mol. The summed E-state index contributed by atoms with van der Waals surface area (Å²) < 4.78 is 5.73. The van der Waals surface area contributed by atoms with Gasteiger partial charge in [0.25, 0.3) is 6.02 Å². The molecule has 2 aliphatic rings. The van der Waals surface area contributed by atoms with Crippen molar-refractivity contribution in [1.82, 2.24) is 0 Å². The topological polar surface area (TPSA) is 47.6 Å². The Morgan fingerprint density at radius 2 is 2.00 bits per heavy atom. The summed E-state index contributed by atoms with van der Waals surface area (Å²) in [5.41, 5.74) is 5.72. The number of aliphatic imine (C=N–C) groups is 1. The zero-order valence-electron chi connectivity index (χ0n) is 8.47. The molecule has 1 aliphatic heterocycles. The molecule has 2 rings (SSSR count). The van der Waals surface area contributed by atoms with E-state index in [1.54, 1.807) is 0 Å². The summed E-state index contributed by atoms with van der Waals surface area (Å²) in [6.45, 7) is 5.28. The van der Waals surface area contributed by atoms with E-state index in [0.29, 0.717) is 6.02 Å². The van der Waals surface area contributed by atoms with Crippen LogP contribution in [0.15, 0.2) is 4.99 Å². The third-order valence-electron chi connectivity index (χ3n) is 3.66. The fourth-order valence-corrected chi connectivity index (χ4v) is 2.50. The van der Waals surface area contributed by atoms with E-state index in [-0.39, 0.29) is 11.0 Å². The van der Waals surface area contributed by atoms with Crippen molar-refractivity contribution in [2.75, 3.05) is 6.54 Å². The predicted molar refractivity (Wildman–Crippen MR) is 52.6 cm³/mol. The fourth-order valence-electron chi connectivity index (χ4n) is 2.50. The molecule has 1 atom stereocenters. The van der Waals surface area contributed by atoms with E-state index in [0.717, 1.165) is 13.0 Å². The summed E-state index contributed by atoms with van der Waals surface area (Å²) in [6.07, 6.45) is 4.87. The van der Waals surface area contributed by atoms with Crippen LogP contribution in [0, 0.1) is 5.41 Å². The molecule has 1 aliphatic carbocycles. The Labute approximate surface area is 79.4 Å². The average Bonchev–Trinajstić information content (AvgIpc) is 2.41. The summed E-state index contributed by atoms with van der Waals surface area (Å²) in [4.78, 5) is 4.18. The van der Waals surface area contributed by atoms with E-state index in [2.05, 4.69) is 18.8 Å². The third-order valence-corrected chi connectivity index (χ3v) is 3.66. The Morgan fingerprint density at radius 3 is 2.54 bits per heavy atom. The molecule has 13 heavy (non-hydrogen) atoms. The van der Waals surface area contributed by atoms with Crippen molar-refractivity contribution in [2.24, 2.45) is 16.1 Å². The lowest BCUT2D eigenvalue weighted by Crippen LogP contribution is -2.50. The molecule has 0 aromatic carbocycles. The molecule has 0 saturated heterocycles. The lowest BCUT2D eigenvalue weighted by molar-refractivity contribution is -0.0629. The molecule has 0 aromatic rings. The van der Waals surface area contributed by atoms with Gasteiger partial charge in [0, 0.05) is 5.41 Å². The predicted octanol–water partition coefficient (Wildman–Crippen LogP) is 1.67. The summed E-state index contributed by atoms with van der Waals surface area (Å²) in [5, 5.41) is 0. The first kappa shape index (κ1) is 8.85. The van der Waals surface area contributed by atoms with E-state index in [1.807, 2.05) is 0 Å². The third kappa shape index (κ3) is 1.21. The lowest BCUT2D eigenvalue weighted by Gasteiger charge is -2.46. The second-order valence-electron chi connectivity index (χ2n) is 4.84. The van der Waals surface area contributed by atoms with Gasteiger partial charge in [-0.3, -0.25) is 0 Å². The molecule has 3 nitrogen and oxygen atoms in total. The van der Waals surface area contributed by atoms with Crippen LogP contribution < -0.4 is 5.73 Å². The van der Waals surface area contributed by atoms with Crippen molar-refractivity contribution < 1.29 is 4.74 Å². The Morgan fingerprint density at radius 1 is 1.31 bits per heavy atom. The molecule has 0 amide bonds. The molecule has 0 radical (unpaired) electrons. The van der Waals surface area contributed by atoms with Crippen LogP contribution in [0.2, 0.25) is 0 Å². The minimum atomic E-state index is -0.0880. The molecule has 1 spiro atoms. The minimum Gasteiger partial charge on any atom is -0.456 e. The van der Waals surface area contributed by atoms with Gasteiger partial charge >= 0.3 is 0 Å². The van der Waals surface area contributed by atoms with Crippen molar-refractivity contribution in [3.8, 4) is 0 Å². The van der Waals surface area contributed by atoms with Crippen molar-refractivity contribution >= 4 is 6.02 Å². The standard InChI is InChI=1S/C10H18N2O/c1-9(2)5-3-4-6-10(9)7-12-8(11)13-10/h3-7H2,1-2H3,(H2,11,12). The largest absolute Gasteiger partial charge is 0.456 e. The number of ether oxygens (including phenoxy) is 1. The van der Waals surface area contributed by atoms with Crippen LogP contribution in [0.25, 0.3) is 0 Å².